The predicted octanol–water partition coefficient (Wildman–Crippen LogP) is 1.92. The molecule has 0 saturated heterocycles. The van der Waals surface area contributed by atoms with E-state index in [0.717, 1.165) is 12.8 Å². The minimum Gasteiger partial charge on any atom is -0.480 e. The van der Waals surface area contributed by atoms with Gasteiger partial charge >= 0.3 is 5.97 Å². The van der Waals surface area contributed by atoms with Crippen molar-refractivity contribution >= 4 is 23.5 Å². The highest BCUT2D eigenvalue weighted by Gasteiger charge is 2.36. The average molecular weight is 335 g/mol. The quantitative estimate of drug-likeness (QED) is 0.902. The zero-order chi connectivity index (χ0) is 16.6. The van der Waals surface area contributed by atoms with Crippen molar-refractivity contribution < 1.29 is 14.7 Å². The van der Waals surface area contributed by atoms with E-state index in [1.165, 1.54) is 9.58 Å². The molecular weight excluding hydrogens is 320 g/mol. The summed E-state index contributed by atoms with van der Waals surface area (Å²) < 4.78 is 1.52. The van der Waals surface area contributed by atoms with Gasteiger partial charge in [0.2, 0.25) is 0 Å². The maximum Gasteiger partial charge on any atom is 0.323 e. The molecule has 1 aromatic heterocycles. The first kappa shape index (κ1) is 15.5. The molecule has 2 aromatic rings. The van der Waals surface area contributed by atoms with Crippen LogP contribution in [0.15, 0.2) is 24.3 Å². The molecule has 0 bridgehead atoms. The Balaban J connectivity index is 1.91. The molecule has 1 aliphatic carbocycles. The van der Waals surface area contributed by atoms with Crippen LogP contribution in [0.25, 0.3) is 5.69 Å². The Morgan fingerprint density at radius 2 is 2.17 bits per heavy atom. The summed E-state index contributed by atoms with van der Waals surface area (Å²) >= 11 is 5.97. The van der Waals surface area contributed by atoms with Gasteiger partial charge in [0.25, 0.3) is 5.91 Å². The molecule has 120 valence electrons. The topological polar surface area (TPSA) is 88.3 Å². The third kappa shape index (κ3) is 3.19. The number of rotatable bonds is 5. The van der Waals surface area contributed by atoms with Gasteiger partial charge in [0.1, 0.15) is 6.54 Å². The van der Waals surface area contributed by atoms with E-state index in [4.69, 9.17) is 16.7 Å². The van der Waals surface area contributed by atoms with Crippen molar-refractivity contribution in [3.05, 3.63) is 40.7 Å². The second-order valence-corrected chi connectivity index (χ2v) is 5.91. The molecule has 1 aromatic carbocycles. The van der Waals surface area contributed by atoms with Crippen molar-refractivity contribution in [3.63, 3.8) is 0 Å². The van der Waals surface area contributed by atoms with Gasteiger partial charge in [-0.05, 0) is 38.0 Å². The van der Waals surface area contributed by atoms with Crippen LogP contribution in [-0.4, -0.2) is 49.5 Å². The summed E-state index contributed by atoms with van der Waals surface area (Å²) in [6, 6.07) is 7.02. The SMILES string of the molecule is Cc1c(C(=O)N(CC(=O)O)C2CC2)nnn1-c1cccc(Cl)c1. The Labute approximate surface area is 137 Å². The first-order valence-electron chi connectivity index (χ1n) is 7.18. The molecule has 1 amide bonds. The lowest BCUT2D eigenvalue weighted by Crippen LogP contribution is -2.38. The minimum absolute atomic E-state index is 0.0191. The summed E-state index contributed by atoms with van der Waals surface area (Å²) in [6.07, 6.45) is 1.64. The van der Waals surface area contributed by atoms with Crippen LogP contribution < -0.4 is 0 Å². The fourth-order valence-electron chi connectivity index (χ4n) is 2.41. The molecule has 0 spiro atoms. The summed E-state index contributed by atoms with van der Waals surface area (Å²) in [6.45, 7) is 1.40. The predicted molar refractivity (Wildman–Crippen MR) is 82.8 cm³/mol. The zero-order valence-corrected chi connectivity index (χ0v) is 13.2. The van der Waals surface area contributed by atoms with Crippen molar-refractivity contribution in [1.82, 2.24) is 19.9 Å². The van der Waals surface area contributed by atoms with Crippen molar-refractivity contribution in [1.29, 1.82) is 0 Å². The lowest BCUT2D eigenvalue weighted by molar-refractivity contribution is -0.137. The van der Waals surface area contributed by atoms with E-state index < -0.39 is 11.9 Å². The fraction of sp³-hybridized carbons (Fsp3) is 0.333. The maximum atomic E-state index is 12.6. The fourth-order valence-corrected chi connectivity index (χ4v) is 2.60. The third-order valence-corrected chi connectivity index (χ3v) is 3.94. The van der Waals surface area contributed by atoms with Crippen LogP contribution in [0.3, 0.4) is 0 Å². The van der Waals surface area contributed by atoms with E-state index >= 15 is 0 Å². The van der Waals surface area contributed by atoms with Crippen LogP contribution >= 0.6 is 11.6 Å². The summed E-state index contributed by atoms with van der Waals surface area (Å²) in [4.78, 5) is 24.9. The van der Waals surface area contributed by atoms with Gasteiger partial charge in [-0.1, -0.05) is 22.9 Å². The number of nitrogens with zero attached hydrogens (tertiary/aromatic N) is 4. The minimum atomic E-state index is -1.04. The average Bonchev–Trinajstić information content (AvgIpc) is 3.26. The Hall–Kier alpha value is -2.41. The summed E-state index contributed by atoms with van der Waals surface area (Å²) in [5, 5.41) is 17.5. The number of aliphatic carboxylic acids is 1. The van der Waals surface area contributed by atoms with Gasteiger partial charge in [0.15, 0.2) is 5.69 Å². The van der Waals surface area contributed by atoms with E-state index in [1.54, 1.807) is 31.2 Å². The van der Waals surface area contributed by atoms with E-state index in [-0.39, 0.29) is 18.3 Å². The molecule has 1 N–H and O–H groups in total. The lowest BCUT2D eigenvalue weighted by Gasteiger charge is -2.19. The molecule has 1 saturated carbocycles. The molecular formula is C15H15ClN4O3. The number of halogens is 1. The molecule has 23 heavy (non-hydrogen) atoms. The third-order valence-electron chi connectivity index (χ3n) is 3.70. The van der Waals surface area contributed by atoms with Crippen LogP contribution in [-0.2, 0) is 4.79 Å². The highest BCUT2D eigenvalue weighted by molar-refractivity contribution is 6.30. The van der Waals surface area contributed by atoms with Crippen molar-refractivity contribution in [2.75, 3.05) is 6.54 Å². The molecule has 8 heteroatoms. The summed E-state index contributed by atoms with van der Waals surface area (Å²) in [7, 11) is 0. The van der Waals surface area contributed by atoms with Crippen LogP contribution in [0, 0.1) is 6.92 Å². The van der Waals surface area contributed by atoms with Crippen LogP contribution in [0.1, 0.15) is 29.0 Å². The highest BCUT2D eigenvalue weighted by Crippen LogP contribution is 2.28. The number of hydrogen-bond acceptors (Lipinski definition) is 4. The van der Waals surface area contributed by atoms with Gasteiger partial charge in [-0.15, -0.1) is 5.10 Å². The Kier molecular flexibility index (Phi) is 4.04. The van der Waals surface area contributed by atoms with E-state index in [9.17, 15) is 9.59 Å². The zero-order valence-electron chi connectivity index (χ0n) is 12.4. The first-order chi connectivity index (χ1) is 11.0. The standard InChI is InChI=1S/C15H15ClN4O3/c1-9-14(15(23)19(8-13(21)22)11-5-6-11)17-18-20(9)12-4-2-3-10(16)7-12/h2-4,7,11H,5-6,8H2,1H3,(H,21,22). The van der Waals surface area contributed by atoms with Gasteiger partial charge in [-0.3, -0.25) is 9.59 Å². The summed E-state index contributed by atoms with van der Waals surface area (Å²) in [5.74, 6) is -1.44. The molecule has 0 aliphatic heterocycles. The van der Waals surface area contributed by atoms with Gasteiger partial charge in [-0.2, -0.15) is 0 Å². The lowest BCUT2D eigenvalue weighted by atomic mass is 10.2. The van der Waals surface area contributed by atoms with Crippen LogP contribution in [0.4, 0.5) is 0 Å². The first-order valence-corrected chi connectivity index (χ1v) is 7.56. The molecule has 7 nitrogen and oxygen atoms in total. The smallest absolute Gasteiger partial charge is 0.323 e. The second-order valence-electron chi connectivity index (χ2n) is 5.47. The number of aromatic nitrogens is 3. The van der Waals surface area contributed by atoms with Gasteiger partial charge < -0.3 is 10.0 Å². The Morgan fingerprint density at radius 1 is 1.43 bits per heavy atom. The van der Waals surface area contributed by atoms with Gasteiger partial charge in [0.05, 0.1) is 11.4 Å². The second kappa shape index (κ2) is 6.00. The molecule has 0 unspecified atom stereocenters. The number of benzene rings is 1. The summed E-state index contributed by atoms with van der Waals surface area (Å²) in [5.41, 5.74) is 1.41. The molecule has 1 heterocycles. The van der Waals surface area contributed by atoms with E-state index in [1.807, 2.05) is 0 Å². The number of carboxylic acids is 1. The monoisotopic (exact) mass is 334 g/mol. The largest absolute Gasteiger partial charge is 0.480 e. The van der Waals surface area contributed by atoms with Crippen LogP contribution in [0.5, 0.6) is 0 Å². The molecule has 0 radical (unpaired) electrons. The Morgan fingerprint density at radius 3 is 2.78 bits per heavy atom. The maximum absolute atomic E-state index is 12.6. The number of amides is 1. The van der Waals surface area contributed by atoms with Crippen molar-refractivity contribution in [2.45, 2.75) is 25.8 Å². The van der Waals surface area contributed by atoms with Gasteiger partial charge in [0, 0.05) is 11.1 Å². The number of carbonyl (C=O) groups excluding carboxylic acids is 1. The van der Waals surface area contributed by atoms with E-state index in [2.05, 4.69) is 10.3 Å². The number of carboxylic acid groups (broad SMARTS) is 1. The normalized spacial score (nSPS) is 13.8. The van der Waals surface area contributed by atoms with Gasteiger partial charge in [-0.25, -0.2) is 4.68 Å². The highest BCUT2D eigenvalue weighted by atomic mass is 35.5. The Bertz CT molecular complexity index is 770. The van der Waals surface area contributed by atoms with E-state index in [0.29, 0.717) is 16.4 Å². The number of carbonyl (C=O) groups is 2. The molecule has 1 fully saturated rings. The molecule has 3 rings (SSSR count). The van der Waals surface area contributed by atoms with Crippen molar-refractivity contribution in [3.8, 4) is 5.69 Å². The van der Waals surface area contributed by atoms with Crippen molar-refractivity contribution in [2.24, 2.45) is 0 Å². The number of hydrogen-bond donors (Lipinski definition) is 1. The molecule has 0 atom stereocenters. The van der Waals surface area contributed by atoms with Crippen LogP contribution in [0.2, 0.25) is 5.02 Å². The molecule has 1 aliphatic rings.